The van der Waals surface area contributed by atoms with Crippen LogP contribution in [0.4, 0.5) is 22.0 Å². The maximum absolute atomic E-state index is 15.2. The molecule has 0 aliphatic carbocycles. The van der Waals surface area contributed by atoms with Crippen molar-refractivity contribution in [2.75, 3.05) is 20.3 Å². The summed E-state index contributed by atoms with van der Waals surface area (Å²) in [6, 6.07) is 1.39. The Kier molecular flexibility index (Phi) is 14.3. The predicted molar refractivity (Wildman–Crippen MR) is 143 cm³/mol. The first kappa shape index (κ1) is 37.0. The summed E-state index contributed by atoms with van der Waals surface area (Å²) in [5.41, 5.74) is 1.17. The van der Waals surface area contributed by atoms with Crippen LogP contribution < -0.4 is 11.1 Å². The van der Waals surface area contributed by atoms with Crippen LogP contribution in [0.3, 0.4) is 0 Å². The highest BCUT2D eigenvalue weighted by atomic mass is 35.5. The number of aliphatic carboxylic acids is 2. The second kappa shape index (κ2) is 16.6. The molecule has 1 aliphatic rings. The molecule has 0 fully saturated rings. The fourth-order valence-electron chi connectivity index (χ4n) is 4.00. The third-order valence-corrected chi connectivity index (χ3v) is 5.91. The zero-order chi connectivity index (χ0) is 33.1. The number of benzene rings is 1. The first-order chi connectivity index (χ1) is 20.0. The molecule has 0 aromatic heterocycles. The fourth-order valence-corrected chi connectivity index (χ4v) is 4.27. The zero-order valence-electron chi connectivity index (χ0n) is 23.2. The van der Waals surface area contributed by atoms with Crippen LogP contribution in [-0.2, 0) is 34.8 Å². The predicted octanol–water partition coefficient (Wildman–Crippen LogP) is 4.63. The van der Waals surface area contributed by atoms with Gasteiger partial charge in [-0.3, -0.25) is 0 Å². The van der Waals surface area contributed by atoms with Gasteiger partial charge < -0.3 is 30.7 Å². The lowest BCUT2D eigenvalue weighted by Crippen LogP contribution is -2.36. The van der Waals surface area contributed by atoms with E-state index in [1.54, 1.807) is 0 Å². The monoisotopic (exact) mass is 640 g/mol. The number of halogens is 6. The second-order valence-electron chi connectivity index (χ2n) is 8.99. The summed E-state index contributed by atoms with van der Waals surface area (Å²) in [5.74, 6) is -8.28. The number of nitrogens with one attached hydrogen (secondary N) is 1. The number of carbonyl (C=O) groups excluding carboxylic acids is 2. The van der Waals surface area contributed by atoms with Crippen molar-refractivity contribution in [2.45, 2.75) is 51.3 Å². The molecular formula is C27H30ClF5N2O8. The van der Waals surface area contributed by atoms with Crippen LogP contribution in [0.15, 0.2) is 46.8 Å². The molecule has 5 N–H and O–H groups in total. The highest BCUT2D eigenvalue weighted by Crippen LogP contribution is 2.48. The first-order valence-electron chi connectivity index (χ1n) is 12.5. The Morgan fingerprint density at radius 1 is 1.05 bits per heavy atom. The van der Waals surface area contributed by atoms with E-state index in [0.717, 1.165) is 7.11 Å². The van der Waals surface area contributed by atoms with Gasteiger partial charge in [0, 0.05) is 23.4 Å². The van der Waals surface area contributed by atoms with Crippen LogP contribution in [0.2, 0.25) is 5.02 Å². The molecule has 1 atom stereocenters. The summed E-state index contributed by atoms with van der Waals surface area (Å²) in [6.45, 7) is 1.95. The van der Waals surface area contributed by atoms with Crippen LogP contribution in [0, 0.1) is 5.82 Å². The number of rotatable bonds is 11. The van der Waals surface area contributed by atoms with Gasteiger partial charge in [-0.1, -0.05) is 11.6 Å². The van der Waals surface area contributed by atoms with Crippen LogP contribution in [0.25, 0.3) is 0 Å². The third kappa shape index (κ3) is 10.4. The van der Waals surface area contributed by atoms with Gasteiger partial charge in [-0.15, -0.1) is 0 Å². The molecule has 0 bridgehead atoms. The summed E-state index contributed by atoms with van der Waals surface area (Å²) >= 11 is 5.83. The number of hydrogen-bond acceptors (Lipinski definition) is 8. The third-order valence-electron chi connectivity index (χ3n) is 5.59. The minimum atomic E-state index is -5.18. The Morgan fingerprint density at radius 3 is 2.05 bits per heavy atom. The van der Waals surface area contributed by atoms with E-state index in [9.17, 15) is 36.7 Å². The molecule has 0 saturated heterocycles. The van der Waals surface area contributed by atoms with Gasteiger partial charge in [0.2, 0.25) is 0 Å². The Labute approximate surface area is 248 Å². The highest BCUT2D eigenvalue weighted by molar-refractivity contribution is 6.31. The number of carbonyl (C=O) groups is 4. The quantitative estimate of drug-likeness (QED) is 0.116. The van der Waals surface area contributed by atoms with Crippen molar-refractivity contribution < 1.29 is 60.8 Å². The summed E-state index contributed by atoms with van der Waals surface area (Å²) in [7, 11) is 0.924. The summed E-state index contributed by atoms with van der Waals surface area (Å²) in [6.07, 6.45) is -3.90. The molecule has 10 nitrogen and oxygen atoms in total. The van der Waals surface area contributed by atoms with Crippen molar-refractivity contribution in [3.63, 3.8) is 0 Å². The van der Waals surface area contributed by atoms with Crippen molar-refractivity contribution in [3.05, 3.63) is 68.8 Å². The van der Waals surface area contributed by atoms with E-state index >= 15 is 4.39 Å². The maximum Gasteiger partial charge on any atom is 0.418 e. The molecule has 0 saturated carbocycles. The average molecular weight is 641 g/mol. The van der Waals surface area contributed by atoms with Crippen LogP contribution in [-0.4, -0.2) is 60.5 Å². The van der Waals surface area contributed by atoms with Gasteiger partial charge in [-0.2, -0.15) is 13.2 Å². The van der Waals surface area contributed by atoms with E-state index in [-0.39, 0.29) is 18.7 Å². The molecule has 0 spiro atoms. The van der Waals surface area contributed by atoms with E-state index < -0.39 is 87.6 Å². The van der Waals surface area contributed by atoms with E-state index in [1.807, 2.05) is 0 Å². The number of alkyl halides is 4. The molecule has 1 aromatic rings. The highest BCUT2D eigenvalue weighted by Gasteiger charge is 2.47. The van der Waals surface area contributed by atoms with Gasteiger partial charge in [0.15, 0.2) is 0 Å². The molecule has 1 aliphatic heterocycles. The van der Waals surface area contributed by atoms with Gasteiger partial charge in [0.05, 0.1) is 46.6 Å². The number of unbranched alkanes of at least 4 members (excludes halogenated alkanes) is 1. The Bertz CT molecular complexity index is 1290. The number of nitrogens with two attached hydrogens (primary N) is 1. The first-order valence-corrected chi connectivity index (χ1v) is 12.9. The number of esters is 2. The summed E-state index contributed by atoms with van der Waals surface area (Å²) < 4.78 is 81.5. The lowest BCUT2D eigenvalue weighted by atomic mass is 9.77. The molecule has 0 radical (unpaired) electrons. The van der Waals surface area contributed by atoms with E-state index in [0.29, 0.717) is 37.1 Å². The summed E-state index contributed by atoms with van der Waals surface area (Å²) in [4.78, 5) is 45.0. The van der Waals surface area contributed by atoms with Gasteiger partial charge in [-0.25, -0.2) is 28.0 Å². The van der Waals surface area contributed by atoms with E-state index in [4.69, 9.17) is 32.3 Å². The number of carboxylic acid groups (broad SMARTS) is 2. The average Bonchev–Trinajstić information content (AvgIpc) is 2.91. The molecule has 2 rings (SSSR count). The van der Waals surface area contributed by atoms with Crippen molar-refractivity contribution in [2.24, 2.45) is 5.73 Å². The molecule has 1 aromatic carbocycles. The normalized spacial score (nSPS) is 15.2. The van der Waals surface area contributed by atoms with Gasteiger partial charge in [0.25, 0.3) is 0 Å². The molecule has 0 amide bonds. The van der Waals surface area contributed by atoms with Gasteiger partial charge in [0.1, 0.15) is 12.5 Å². The fraction of sp³-hybridized carbons (Fsp3) is 0.407. The largest absolute Gasteiger partial charge is 0.478 e. The Hall–Kier alpha value is -3.98. The molecular weight excluding hydrogens is 611 g/mol. The molecule has 16 heteroatoms. The van der Waals surface area contributed by atoms with Crippen molar-refractivity contribution >= 4 is 35.5 Å². The smallest absolute Gasteiger partial charge is 0.418 e. The molecule has 43 heavy (non-hydrogen) atoms. The standard InChI is InChI=1S/C23H26ClF5N2O4.C4H4O4/c1-11(2)35-22(33)17-14(6-4-5-9-30)31-15(10-25)18(21(32)34-3)19(17)16-13(26)8-7-12(24)20(16)23(27,28)29;5-3(6)1-2-4(7)8/h7-8,11,19,31H,4-6,9-10,30H2,1-3H3;1-2H,(H,5,6)(H,7,8)/b;2-1-. The van der Waals surface area contributed by atoms with E-state index in [1.165, 1.54) is 13.8 Å². The number of allylic oxidation sites excluding steroid dienone is 2. The Balaban J connectivity index is 0.00000101. The van der Waals surface area contributed by atoms with Crippen LogP contribution in [0.1, 0.15) is 50.2 Å². The lowest BCUT2D eigenvalue weighted by molar-refractivity contribution is -0.144. The van der Waals surface area contributed by atoms with Gasteiger partial charge >= 0.3 is 30.1 Å². The molecule has 238 valence electrons. The molecule has 1 unspecified atom stereocenters. The minimum Gasteiger partial charge on any atom is -0.478 e. The number of dihydropyridines is 1. The van der Waals surface area contributed by atoms with Crippen LogP contribution >= 0.6 is 11.6 Å². The zero-order valence-corrected chi connectivity index (χ0v) is 23.9. The SMILES string of the molecule is COC(=O)C1=C(CF)NC(CCCCN)=C(C(=O)OC(C)C)C1c1c(F)ccc(Cl)c1C(F)(F)F.O=C(O)/C=C\C(=O)O. The van der Waals surface area contributed by atoms with Crippen molar-refractivity contribution in [1.82, 2.24) is 5.32 Å². The number of hydrogen-bond donors (Lipinski definition) is 4. The Morgan fingerprint density at radius 2 is 1.60 bits per heavy atom. The van der Waals surface area contributed by atoms with Crippen LogP contribution in [0.5, 0.6) is 0 Å². The van der Waals surface area contributed by atoms with Crippen molar-refractivity contribution in [1.29, 1.82) is 0 Å². The molecule has 1 heterocycles. The van der Waals surface area contributed by atoms with E-state index in [2.05, 4.69) is 10.1 Å². The number of ether oxygens (including phenoxy) is 2. The van der Waals surface area contributed by atoms with Crippen molar-refractivity contribution in [3.8, 4) is 0 Å². The number of methoxy groups -OCH3 is 1. The number of carboxylic acids is 2. The summed E-state index contributed by atoms with van der Waals surface area (Å²) in [5, 5.41) is 17.4. The lowest BCUT2D eigenvalue weighted by Gasteiger charge is -2.33. The van der Waals surface area contributed by atoms with Gasteiger partial charge in [-0.05, 0) is 51.8 Å². The topological polar surface area (TPSA) is 165 Å². The maximum atomic E-state index is 15.2. The second-order valence-corrected chi connectivity index (χ2v) is 9.40. The minimum absolute atomic E-state index is 0.0121.